The lowest BCUT2D eigenvalue weighted by Gasteiger charge is -2.12. The van der Waals surface area contributed by atoms with Crippen molar-refractivity contribution >= 4 is 11.9 Å². The van der Waals surface area contributed by atoms with Crippen LogP contribution in [0.25, 0.3) is 0 Å². The van der Waals surface area contributed by atoms with E-state index >= 15 is 0 Å². The average Bonchev–Trinajstić information content (AvgIpc) is 2.50. The van der Waals surface area contributed by atoms with E-state index in [0.29, 0.717) is 13.0 Å². The second-order valence-electron chi connectivity index (χ2n) is 5.19. The summed E-state index contributed by atoms with van der Waals surface area (Å²) in [6, 6.07) is 0. The molecule has 0 radical (unpaired) electrons. The fourth-order valence-electron chi connectivity index (χ4n) is 0.886. The zero-order valence-corrected chi connectivity index (χ0v) is 15.8. The highest BCUT2D eigenvalue weighted by atomic mass is 19.4. The van der Waals surface area contributed by atoms with Crippen LogP contribution in [-0.2, 0) is 19.1 Å². The highest BCUT2D eigenvalue weighted by Gasteiger charge is 2.52. The van der Waals surface area contributed by atoms with Crippen LogP contribution in [0.5, 0.6) is 0 Å². The molecule has 0 N–H and O–H groups in total. The van der Waals surface area contributed by atoms with Crippen LogP contribution in [-0.4, -0.2) is 43.7 Å². The van der Waals surface area contributed by atoms with Gasteiger partial charge in [-0.15, -0.1) is 0 Å². The topological polar surface area (TPSA) is 52.6 Å². The van der Waals surface area contributed by atoms with E-state index in [-0.39, 0.29) is 38.3 Å². The maximum atomic E-state index is 11.5. The van der Waals surface area contributed by atoms with Crippen LogP contribution >= 0.6 is 0 Å². The largest absolute Gasteiger partial charge is 0.466 e. The van der Waals surface area contributed by atoms with Crippen LogP contribution in [0.2, 0.25) is 0 Å². The Balaban J connectivity index is -0.000000327. The van der Waals surface area contributed by atoms with Gasteiger partial charge in [-0.2, -0.15) is 22.0 Å². The summed E-state index contributed by atoms with van der Waals surface area (Å²) >= 11 is 0. The van der Waals surface area contributed by atoms with Gasteiger partial charge in [0.2, 0.25) is 6.43 Å². The predicted molar refractivity (Wildman–Crippen MR) is 84.7 cm³/mol. The quantitative estimate of drug-likeness (QED) is 0.296. The summed E-state index contributed by atoms with van der Waals surface area (Å²) < 4.78 is 86.9. The summed E-state index contributed by atoms with van der Waals surface area (Å²) in [6.07, 6.45) is -5.30. The van der Waals surface area contributed by atoms with E-state index in [1.165, 1.54) is 6.92 Å². The van der Waals surface area contributed by atoms with E-state index < -0.39 is 18.5 Å². The summed E-state index contributed by atoms with van der Waals surface area (Å²) in [5.41, 5.74) is 0. The summed E-state index contributed by atoms with van der Waals surface area (Å²) in [7, 11) is 0. The number of carbonyl (C=O) groups excluding carboxylic acids is 2. The SMILES string of the molecule is CC(F)(F)C(F)(F)F.CCC(=O)OCCCC(F)F.CCCCOC(C)=O. The molecule has 0 aliphatic carbocycles. The average molecular weight is 416 g/mol. The van der Waals surface area contributed by atoms with Gasteiger partial charge >= 0.3 is 24.0 Å². The summed E-state index contributed by atoms with van der Waals surface area (Å²) in [4.78, 5) is 20.5. The molecule has 0 fully saturated rings. The summed E-state index contributed by atoms with van der Waals surface area (Å²) in [6.45, 7) is 5.64. The molecule has 0 atom stereocenters. The van der Waals surface area contributed by atoms with Gasteiger partial charge in [0.15, 0.2) is 0 Å². The maximum absolute atomic E-state index is 11.5. The molecule has 0 aromatic rings. The van der Waals surface area contributed by atoms with Crippen molar-refractivity contribution in [2.75, 3.05) is 13.2 Å². The van der Waals surface area contributed by atoms with Crippen LogP contribution < -0.4 is 0 Å². The van der Waals surface area contributed by atoms with Crippen LogP contribution in [0.4, 0.5) is 30.7 Å². The fraction of sp³-hybridized carbons (Fsp3) is 0.875. The molecular weight excluding hydrogens is 389 g/mol. The zero-order valence-electron chi connectivity index (χ0n) is 15.8. The molecule has 0 aliphatic rings. The van der Waals surface area contributed by atoms with E-state index in [4.69, 9.17) is 0 Å². The highest BCUT2D eigenvalue weighted by Crippen LogP contribution is 2.34. The normalized spacial score (nSPS) is 11.0. The van der Waals surface area contributed by atoms with Crippen LogP contribution in [0.3, 0.4) is 0 Å². The van der Waals surface area contributed by atoms with Gasteiger partial charge in [0, 0.05) is 26.7 Å². The molecule has 4 nitrogen and oxygen atoms in total. The van der Waals surface area contributed by atoms with Gasteiger partial charge in [-0.25, -0.2) is 8.78 Å². The zero-order chi connectivity index (χ0) is 22.1. The molecule has 11 heteroatoms. The van der Waals surface area contributed by atoms with Crippen molar-refractivity contribution in [1.29, 1.82) is 0 Å². The minimum Gasteiger partial charge on any atom is -0.466 e. The van der Waals surface area contributed by atoms with E-state index in [2.05, 4.69) is 16.4 Å². The number of hydrogen-bond acceptors (Lipinski definition) is 4. The van der Waals surface area contributed by atoms with Crippen LogP contribution in [0, 0.1) is 0 Å². The maximum Gasteiger partial charge on any atom is 0.452 e. The van der Waals surface area contributed by atoms with Gasteiger partial charge < -0.3 is 9.47 Å². The monoisotopic (exact) mass is 416 g/mol. The smallest absolute Gasteiger partial charge is 0.452 e. The molecule has 0 amide bonds. The molecule has 164 valence electrons. The summed E-state index contributed by atoms with van der Waals surface area (Å²) in [5.74, 6) is -5.08. The van der Waals surface area contributed by atoms with Gasteiger partial charge in [0.1, 0.15) is 0 Å². The van der Waals surface area contributed by atoms with Crippen molar-refractivity contribution in [1.82, 2.24) is 0 Å². The lowest BCUT2D eigenvalue weighted by molar-refractivity contribution is -0.273. The standard InChI is InChI=1S/C7H12F2O2.C6H12O2.C3H3F5/c1-2-7(10)11-5-3-4-6(8)9;1-3-4-5-8-6(2)7;1-2(4,5)3(6,7)8/h6H,2-5H2,1H3;3-5H2,1-2H3;1H3. The first kappa shape index (κ1) is 30.2. The van der Waals surface area contributed by atoms with Gasteiger partial charge in [-0.3, -0.25) is 9.59 Å². The van der Waals surface area contributed by atoms with Gasteiger partial charge in [0.05, 0.1) is 13.2 Å². The second-order valence-corrected chi connectivity index (χ2v) is 5.19. The molecule has 0 spiro atoms. The lowest BCUT2D eigenvalue weighted by atomic mass is 10.3. The molecule has 27 heavy (non-hydrogen) atoms. The Morgan fingerprint density at radius 1 is 0.926 bits per heavy atom. The molecule has 0 aromatic carbocycles. The summed E-state index contributed by atoms with van der Waals surface area (Å²) in [5, 5.41) is 0. The second kappa shape index (κ2) is 16.6. The van der Waals surface area contributed by atoms with Crippen molar-refractivity contribution < 1.29 is 49.8 Å². The van der Waals surface area contributed by atoms with Crippen molar-refractivity contribution in [3.8, 4) is 0 Å². The minimum atomic E-state index is -5.40. The molecule has 0 saturated heterocycles. The Hall–Kier alpha value is -1.55. The molecule has 0 rings (SSSR count). The van der Waals surface area contributed by atoms with Crippen LogP contribution in [0.1, 0.15) is 59.8 Å². The van der Waals surface area contributed by atoms with E-state index in [9.17, 15) is 40.3 Å². The molecule has 0 heterocycles. The molecule has 0 saturated carbocycles. The number of esters is 2. The Morgan fingerprint density at radius 2 is 1.37 bits per heavy atom. The van der Waals surface area contributed by atoms with E-state index in [0.717, 1.165) is 12.8 Å². The number of halogens is 7. The molecule has 0 bridgehead atoms. The van der Waals surface area contributed by atoms with Crippen molar-refractivity contribution in [2.24, 2.45) is 0 Å². The first-order valence-corrected chi connectivity index (χ1v) is 8.20. The predicted octanol–water partition coefficient (Wildman–Crippen LogP) is 5.54. The number of ether oxygens (including phenoxy) is 2. The highest BCUT2D eigenvalue weighted by molar-refractivity contribution is 5.68. The number of carbonyl (C=O) groups is 2. The van der Waals surface area contributed by atoms with E-state index in [1.807, 2.05) is 0 Å². The van der Waals surface area contributed by atoms with Crippen molar-refractivity contribution in [2.45, 2.75) is 78.3 Å². The third-order valence-corrected chi connectivity index (χ3v) is 2.42. The van der Waals surface area contributed by atoms with Gasteiger partial charge in [-0.05, 0) is 12.8 Å². The number of unbranched alkanes of at least 4 members (excludes halogenated alkanes) is 1. The Kier molecular flexibility index (Phi) is 18.6. The fourth-order valence-corrected chi connectivity index (χ4v) is 0.886. The number of rotatable bonds is 8. The minimum absolute atomic E-state index is 0.108. The molecule has 0 aliphatic heterocycles. The van der Waals surface area contributed by atoms with Gasteiger partial charge in [0.25, 0.3) is 0 Å². The molecule has 0 aromatic heterocycles. The van der Waals surface area contributed by atoms with Gasteiger partial charge in [-0.1, -0.05) is 20.3 Å². The Morgan fingerprint density at radius 3 is 1.67 bits per heavy atom. The van der Waals surface area contributed by atoms with Crippen LogP contribution in [0.15, 0.2) is 0 Å². The van der Waals surface area contributed by atoms with Crippen molar-refractivity contribution in [3.63, 3.8) is 0 Å². The molecular formula is C16H27F7O4. The molecule has 0 unspecified atom stereocenters. The third kappa shape index (κ3) is 26.8. The Labute approximate surface area is 154 Å². The first-order chi connectivity index (χ1) is 12.2. The lowest BCUT2D eigenvalue weighted by Crippen LogP contribution is -2.32. The third-order valence-electron chi connectivity index (χ3n) is 2.42. The van der Waals surface area contributed by atoms with E-state index in [1.54, 1.807) is 6.92 Å². The van der Waals surface area contributed by atoms with Crippen molar-refractivity contribution in [3.05, 3.63) is 0 Å². The number of hydrogen-bond donors (Lipinski definition) is 0. The first-order valence-electron chi connectivity index (χ1n) is 8.20. The Bertz CT molecular complexity index is 368. The number of alkyl halides is 7.